The molecule has 1 aromatic carbocycles. The fourth-order valence-electron chi connectivity index (χ4n) is 1.71. The van der Waals surface area contributed by atoms with Crippen LogP contribution in [0.5, 0.6) is 0 Å². The second-order valence-electron chi connectivity index (χ2n) is 4.33. The molecule has 0 bridgehead atoms. The van der Waals surface area contributed by atoms with Crippen molar-refractivity contribution >= 4 is 10.0 Å². The zero-order valence-corrected chi connectivity index (χ0v) is 11.6. The lowest BCUT2D eigenvalue weighted by atomic mass is 10.2. The van der Waals surface area contributed by atoms with Gasteiger partial charge in [-0.2, -0.15) is 5.10 Å². The largest absolute Gasteiger partial charge is 0.271 e. The zero-order valence-electron chi connectivity index (χ0n) is 10.8. The molecule has 0 fully saturated rings. The second kappa shape index (κ2) is 5.99. The van der Waals surface area contributed by atoms with Crippen LogP contribution in [0, 0.1) is 0 Å². The summed E-state index contributed by atoms with van der Waals surface area (Å²) >= 11 is 0. The fourth-order valence-corrected chi connectivity index (χ4v) is 2.90. The van der Waals surface area contributed by atoms with Crippen LogP contribution >= 0.6 is 0 Å². The maximum Gasteiger partial charge on any atom is 0.218 e. The first-order valence-corrected chi connectivity index (χ1v) is 7.64. The van der Waals surface area contributed by atoms with Gasteiger partial charge in [-0.15, -0.1) is 0 Å². The van der Waals surface area contributed by atoms with Crippen molar-refractivity contribution in [1.82, 2.24) is 14.1 Å². The monoisotopic (exact) mass is 279 g/mol. The summed E-state index contributed by atoms with van der Waals surface area (Å²) in [6.45, 7) is 0.967. The summed E-state index contributed by atoms with van der Waals surface area (Å²) in [5, 5.41) is 4.05. The number of hydrogen-bond acceptors (Lipinski definition) is 3. The molecule has 0 unspecified atom stereocenters. The summed E-state index contributed by atoms with van der Waals surface area (Å²) in [4.78, 5) is 0. The van der Waals surface area contributed by atoms with Gasteiger partial charge in [-0.25, -0.2) is 12.7 Å². The summed E-state index contributed by atoms with van der Waals surface area (Å²) in [6, 6.07) is 11.0. The molecule has 2 rings (SSSR count). The lowest BCUT2D eigenvalue weighted by Crippen LogP contribution is -2.31. The third kappa shape index (κ3) is 3.90. The van der Waals surface area contributed by atoms with Crippen LogP contribution in [0.2, 0.25) is 0 Å². The Hall–Kier alpha value is -1.66. The van der Waals surface area contributed by atoms with E-state index in [0.717, 1.165) is 5.56 Å². The highest BCUT2D eigenvalue weighted by Crippen LogP contribution is 2.09. The molecule has 0 spiro atoms. The number of hydrogen-bond donors (Lipinski definition) is 0. The molecule has 0 N–H and O–H groups in total. The maximum absolute atomic E-state index is 12.2. The minimum Gasteiger partial charge on any atom is -0.271 e. The van der Waals surface area contributed by atoms with Crippen molar-refractivity contribution in [1.29, 1.82) is 0 Å². The van der Waals surface area contributed by atoms with Crippen molar-refractivity contribution < 1.29 is 8.42 Å². The Morgan fingerprint density at radius 2 is 1.95 bits per heavy atom. The Morgan fingerprint density at radius 3 is 2.58 bits per heavy atom. The van der Waals surface area contributed by atoms with E-state index >= 15 is 0 Å². The molecule has 6 heteroatoms. The molecule has 0 aliphatic rings. The summed E-state index contributed by atoms with van der Waals surface area (Å²) in [7, 11) is -1.68. The van der Waals surface area contributed by atoms with Crippen LogP contribution < -0.4 is 0 Å². The van der Waals surface area contributed by atoms with E-state index in [-0.39, 0.29) is 5.75 Å². The molecule has 1 heterocycles. The van der Waals surface area contributed by atoms with E-state index in [1.54, 1.807) is 17.9 Å². The van der Waals surface area contributed by atoms with Gasteiger partial charge in [-0.3, -0.25) is 4.68 Å². The lowest BCUT2D eigenvalue weighted by molar-refractivity contribution is 0.432. The first kappa shape index (κ1) is 13.8. The number of sulfonamides is 1. The highest BCUT2D eigenvalue weighted by Gasteiger charge is 2.18. The molecule has 2 aromatic rings. The van der Waals surface area contributed by atoms with Gasteiger partial charge in [0.25, 0.3) is 0 Å². The average molecular weight is 279 g/mol. The van der Waals surface area contributed by atoms with E-state index in [0.29, 0.717) is 13.1 Å². The molecule has 0 saturated heterocycles. The van der Waals surface area contributed by atoms with Gasteiger partial charge in [0.15, 0.2) is 0 Å². The van der Waals surface area contributed by atoms with Crippen LogP contribution in [-0.4, -0.2) is 36.1 Å². The van der Waals surface area contributed by atoms with E-state index in [1.165, 1.54) is 4.31 Å². The first-order chi connectivity index (χ1) is 9.08. The number of nitrogens with zero attached hydrogens (tertiary/aromatic N) is 3. The topological polar surface area (TPSA) is 55.2 Å². The Balaban J connectivity index is 1.95. The van der Waals surface area contributed by atoms with Crippen LogP contribution in [0.4, 0.5) is 0 Å². The average Bonchev–Trinajstić information content (AvgIpc) is 2.89. The van der Waals surface area contributed by atoms with E-state index < -0.39 is 10.0 Å². The normalized spacial score (nSPS) is 11.9. The van der Waals surface area contributed by atoms with Gasteiger partial charge in [0.05, 0.1) is 12.3 Å². The maximum atomic E-state index is 12.2. The lowest BCUT2D eigenvalue weighted by Gasteiger charge is -2.17. The van der Waals surface area contributed by atoms with Gasteiger partial charge >= 0.3 is 0 Å². The van der Waals surface area contributed by atoms with Crippen molar-refractivity contribution in [2.24, 2.45) is 0 Å². The smallest absolute Gasteiger partial charge is 0.218 e. The molecule has 1 aromatic heterocycles. The van der Waals surface area contributed by atoms with Crippen LogP contribution in [-0.2, 0) is 22.3 Å². The molecule has 0 radical (unpaired) electrons. The zero-order chi connectivity index (χ0) is 13.7. The van der Waals surface area contributed by atoms with E-state index in [1.807, 2.05) is 42.6 Å². The molecule has 0 amide bonds. The van der Waals surface area contributed by atoms with Crippen LogP contribution in [0.3, 0.4) is 0 Å². The molecule has 0 aliphatic carbocycles. The molecule has 0 aliphatic heterocycles. The highest BCUT2D eigenvalue weighted by atomic mass is 32.2. The standard InChI is InChI=1S/C13H17N3O2S/c1-15(10-11-16-9-5-8-14-16)19(17,18)12-13-6-3-2-4-7-13/h2-9H,10-12H2,1H3. The van der Waals surface area contributed by atoms with Gasteiger partial charge in [-0.05, 0) is 11.6 Å². The van der Waals surface area contributed by atoms with Gasteiger partial charge in [0.2, 0.25) is 10.0 Å². The fraction of sp³-hybridized carbons (Fsp3) is 0.308. The first-order valence-electron chi connectivity index (χ1n) is 6.03. The number of aromatic nitrogens is 2. The van der Waals surface area contributed by atoms with Gasteiger partial charge in [-0.1, -0.05) is 30.3 Å². The van der Waals surface area contributed by atoms with Crippen LogP contribution in [0.1, 0.15) is 5.56 Å². The quantitative estimate of drug-likeness (QED) is 0.802. The Bertz CT molecular complexity index is 594. The molecule has 19 heavy (non-hydrogen) atoms. The number of benzene rings is 1. The predicted octanol–water partition coefficient (Wildman–Crippen LogP) is 1.34. The van der Waals surface area contributed by atoms with Gasteiger partial charge in [0, 0.05) is 26.0 Å². The summed E-state index contributed by atoms with van der Waals surface area (Å²) < 4.78 is 27.4. The second-order valence-corrected chi connectivity index (χ2v) is 6.41. The van der Waals surface area contributed by atoms with Crippen molar-refractivity contribution in [2.45, 2.75) is 12.3 Å². The van der Waals surface area contributed by atoms with Crippen molar-refractivity contribution in [2.75, 3.05) is 13.6 Å². The van der Waals surface area contributed by atoms with Gasteiger partial charge < -0.3 is 0 Å². The van der Waals surface area contributed by atoms with Crippen molar-refractivity contribution in [3.63, 3.8) is 0 Å². The van der Waals surface area contributed by atoms with Crippen LogP contribution in [0.25, 0.3) is 0 Å². The molecule has 102 valence electrons. The van der Waals surface area contributed by atoms with Crippen LogP contribution in [0.15, 0.2) is 48.8 Å². The Labute approximate surface area is 113 Å². The third-order valence-corrected chi connectivity index (χ3v) is 4.70. The molecule has 0 saturated carbocycles. The van der Waals surface area contributed by atoms with E-state index in [9.17, 15) is 8.42 Å². The minimum atomic E-state index is -3.27. The van der Waals surface area contributed by atoms with Crippen molar-refractivity contribution in [3.05, 3.63) is 54.4 Å². The summed E-state index contributed by atoms with van der Waals surface area (Å²) in [5.41, 5.74) is 0.799. The predicted molar refractivity (Wildman–Crippen MR) is 73.9 cm³/mol. The molecular weight excluding hydrogens is 262 g/mol. The molecule has 0 atom stereocenters. The Morgan fingerprint density at radius 1 is 1.21 bits per heavy atom. The molecular formula is C13H17N3O2S. The minimum absolute atomic E-state index is 0.0312. The highest BCUT2D eigenvalue weighted by molar-refractivity contribution is 7.88. The van der Waals surface area contributed by atoms with E-state index in [4.69, 9.17) is 0 Å². The SMILES string of the molecule is CN(CCn1cccn1)S(=O)(=O)Cc1ccccc1. The Kier molecular flexibility index (Phi) is 4.34. The number of rotatable bonds is 6. The molecule has 5 nitrogen and oxygen atoms in total. The summed E-state index contributed by atoms with van der Waals surface area (Å²) in [6.07, 6.45) is 3.50. The van der Waals surface area contributed by atoms with E-state index in [2.05, 4.69) is 5.10 Å². The summed E-state index contributed by atoms with van der Waals surface area (Å²) in [5.74, 6) is 0.0312. The van der Waals surface area contributed by atoms with Gasteiger partial charge in [0.1, 0.15) is 0 Å². The number of likely N-dealkylation sites (N-methyl/N-ethyl adjacent to an activating group) is 1. The third-order valence-electron chi connectivity index (χ3n) is 2.87. The van der Waals surface area contributed by atoms with Crippen molar-refractivity contribution in [3.8, 4) is 0 Å².